The second-order valence-corrected chi connectivity index (χ2v) is 5.71. The zero-order valence-corrected chi connectivity index (χ0v) is 11.6. The molecule has 0 aliphatic carbocycles. The fourth-order valence-electron chi connectivity index (χ4n) is 3.14. The van der Waals surface area contributed by atoms with Crippen LogP contribution in [0.25, 0.3) is 0 Å². The quantitative estimate of drug-likeness (QED) is 0.861. The van der Waals surface area contributed by atoms with Gasteiger partial charge in [0.1, 0.15) is 5.82 Å². The predicted octanol–water partition coefficient (Wildman–Crippen LogP) is 2.29. The summed E-state index contributed by atoms with van der Waals surface area (Å²) in [6, 6.07) is 4.89. The number of aryl methyl sites for hydroxylation is 1. The summed E-state index contributed by atoms with van der Waals surface area (Å²) < 4.78 is 14.1. The van der Waals surface area contributed by atoms with Crippen LogP contribution < -0.4 is 11.1 Å². The summed E-state index contributed by atoms with van der Waals surface area (Å²) in [6.45, 7) is 5.97. The first-order chi connectivity index (χ1) is 8.90. The predicted molar refractivity (Wildman–Crippen MR) is 72.9 cm³/mol. The summed E-state index contributed by atoms with van der Waals surface area (Å²) in [7, 11) is 0. The van der Waals surface area contributed by atoms with E-state index >= 15 is 0 Å². The molecular formula is C15H21FN2O. The number of rotatable bonds is 2. The highest BCUT2D eigenvalue weighted by Gasteiger charge is 2.39. The smallest absolute Gasteiger partial charge is 0.222 e. The van der Waals surface area contributed by atoms with Gasteiger partial charge in [0.25, 0.3) is 0 Å². The van der Waals surface area contributed by atoms with Crippen LogP contribution in [0.5, 0.6) is 0 Å². The molecule has 1 amide bonds. The Balaban J connectivity index is 2.43. The van der Waals surface area contributed by atoms with Crippen LogP contribution in [0.3, 0.4) is 0 Å². The molecule has 4 atom stereocenters. The monoisotopic (exact) mass is 264 g/mol. The Bertz CT molecular complexity index is 489. The third kappa shape index (κ3) is 2.78. The van der Waals surface area contributed by atoms with Gasteiger partial charge in [0.15, 0.2) is 0 Å². The molecule has 0 radical (unpaired) electrons. The molecule has 1 fully saturated rings. The van der Waals surface area contributed by atoms with E-state index in [4.69, 9.17) is 5.73 Å². The second-order valence-electron chi connectivity index (χ2n) is 5.71. The van der Waals surface area contributed by atoms with Gasteiger partial charge in [-0.15, -0.1) is 0 Å². The third-order valence-electron chi connectivity index (χ3n) is 3.98. The molecule has 0 aromatic heterocycles. The van der Waals surface area contributed by atoms with Crippen LogP contribution in [0.2, 0.25) is 0 Å². The van der Waals surface area contributed by atoms with Gasteiger partial charge < -0.3 is 11.1 Å². The molecule has 1 aromatic carbocycles. The Kier molecular flexibility index (Phi) is 3.90. The Morgan fingerprint density at radius 3 is 2.74 bits per heavy atom. The van der Waals surface area contributed by atoms with Gasteiger partial charge in [-0.1, -0.05) is 24.6 Å². The van der Waals surface area contributed by atoms with Crippen LogP contribution >= 0.6 is 0 Å². The van der Waals surface area contributed by atoms with Crippen molar-refractivity contribution < 1.29 is 9.18 Å². The lowest BCUT2D eigenvalue weighted by Crippen LogP contribution is -2.49. The Morgan fingerprint density at radius 2 is 2.11 bits per heavy atom. The van der Waals surface area contributed by atoms with Crippen molar-refractivity contribution >= 4 is 5.91 Å². The first-order valence-corrected chi connectivity index (χ1v) is 6.71. The molecular weight excluding hydrogens is 243 g/mol. The molecule has 1 aliphatic heterocycles. The SMILES string of the molecule is Cc1ccc(F)c(C2NC(C)CC(C)C2C(N)=O)c1. The van der Waals surface area contributed by atoms with Crippen LogP contribution in [0.1, 0.15) is 37.4 Å². The molecule has 1 heterocycles. The molecule has 1 aliphatic rings. The molecule has 0 spiro atoms. The van der Waals surface area contributed by atoms with E-state index in [9.17, 15) is 9.18 Å². The molecule has 104 valence electrons. The molecule has 3 N–H and O–H groups in total. The number of halogens is 1. The van der Waals surface area contributed by atoms with Crippen molar-refractivity contribution in [3.05, 3.63) is 35.1 Å². The van der Waals surface area contributed by atoms with E-state index in [1.807, 2.05) is 13.8 Å². The van der Waals surface area contributed by atoms with Crippen molar-refractivity contribution in [2.24, 2.45) is 17.6 Å². The Hall–Kier alpha value is -1.42. The van der Waals surface area contributed by atoms with E-state index in [-0.39, 0.29) is 35.6 Å². The van der Waals surface area contributed by atoms with Crippen LogP contribution in [0.4, 0.5) is 4.39 Å². The molecule has 1 saturated heterocycles. The number of primary amides is 1. The fraction of sp³-hybridized carbons (Fsp3) is 0.533. The Labute approximate surface area is 113 Å². The number of hydrogen-bond donors (Lipinski definition) is 2. The highest BCUT2D eigenvalue weighted by molar-refractivity contribution is 5.78. The van der Waals surface area contributed by atoms with Crippen molar-refractivity contribution in [2.75, 3.05) is 0 Å². The van der Waals surface area contributed by atoms with Crippen LogP contribution in [0.15, 0.2) is 18.2 Å². The second kappa shape index (κ2) is 5.29. The lowest BCUT2D eigenvalue weighted by molar-refractivity contribution is -0.125. The third-order valence-corrected chi connectivity index (χ3v) is 3.98. The van der Waals surface area contributed by atoms with Gasteiger partial charge in [0, 0.05) is 17.6 Å². The van der Waals surface area contributed by atoms with Crippen LogP contribution in [-0.4, -0.2) is 11.9 Å². The fourth-order valence-corrected chi connectivity index (χ4v) is 3.14. The first-order valence-electron chi connectivity index (χ1n) is 6.71. The van der Waals surface area contributed by atoms with E-state index in [2.05, 4.69) is 12.2 Å². The van der Waals surface area contributed by atoms with Gasteiger partial charge >= 0.3 is 0 Å². The van der Waals surface area contributed by atoms with Crippen LogP contribution in [-0.2, 0) is 4.79 Å². The topological polar surface area (TPSA) is 55.1 Å². The van der Waals surface area contributed by atoms with Gasteiger partial charge in [-0.3, -0.25) is 4.79 Å². The number of amides is 1. The van der Waals surface area contributed by atoms with Crippen molar-refractivity contribution in [3.63, 3.8) is 0 Å². The van der Waals surface area contributed by atoms with Gasteiger partial charge in [0.05, 0.1) is 5.92 Å². The molecule has 0 saturated carbocycles. The average molecular weight is 264 g/mol. The number of carbonyl (C=O) groups excluding carboxylic acids is 1. The maximum atomic E-state index is 14.1. The van der Waals surface area contributed by atoms with E-state index in [1.165, 1.54) is 6.07 Å². The van der Waals surface area contributed by atoms with Crippen molar-refractivity contribution in [2.45, 2.75) is 39.3 Å². The molecule has 4 heteroatoms. The number of benzene rings is 1. The first kappa shape index (κ1) is 14.0. The highest BCUT2D eigenvalue weighted by atomic mass is 19.1. The number of carbonyl (C=O) groups is 1. The summed E-state index contributed by atoms with van der Waals surface area (Å²) in [5, 5.41) is 3.32. The van der Waals surface area contributed by atoms with Crippen molar-refractivity contribution in [1.29, 1.82) is 0 Å². The van der Waals surface area contributed by atoms with E-state index < -0.39 is 0 Å². The molecule has 19 heavy (non-hydrogen) atoms. The lowest BCUT2D eigenvalue weighted by Gasteiger charge is -2.39. The summed E-state index contributed by atoms with van der Waals surface area (Å²) in [5.41, 5.74) is 7.04. The summed E-state index contributed by atoms with van der Waals surface area (Å²) in [6.07, 6.45) is 0.873. The summed E-state index contributed by atoms with van der Waals surface area (Å²) >= 11 is 0. The minimum atomic E-state index is -0.368. The Morgan fingerprint density at radius 1 is 1.42 bits per heavy atom. The number of nitrogens with two attached hydrogens (primary N) is 1. The van der Waals surface area contributed by atoms with E-state index in [0.717, 1.165) is 12.0 Å². The minimum absolute atomic E-state index is 0.152. The summed E-state index contributed by atoms with van der Waals surface area (Å²) in [4.78, 5) is 11.7. The highest BCUT2D eigenvalue weighted by Crippen LogP contribution is 2.36. The maximum absolute atomic E-state index is 14.1. The van der Waals surface area contributed by atoms with Crippen molar-refractivity contribution in [1.82, 2.24) is 5.32 Å². The van der Waals surface area contributed by atoms with Gasteiger partial charge in [-0.2, -0.15) is 0 Å². The van der Waals surface area contributed by atoms with Gasteiger partial charge in [0.2, 0.25) is 5.91 Å². The largest absolute Gasteiger partial charge is 0.369 e. The van der Waals surface area contributed by atoms with Crippen LogP contribution in [0, 0.1) is 24.6 Å². The standard InChI is InChI=1S/C15H21FN2O/c1-8-4-5-12(16)11(6-8)14-13(15(17)19)9(2)7-10(3)18-14/h4-6,9-10,13-14,18H,7H2,1-3H3,(H2,17,19). The van der Waals surface area contributed by atoms with Crippen molar-refractivity contribution in [3.8, 4) is 0 Å². The van der Waals surface area contributed by atoms with Gasteiger partial charge in [-0.05, 0) is 32.3 Å². The van der Waals surface area contributed by atoms with E-state index in [1.54, 1.807) is 12.1 Å². The number of hydrogen-bond acceptors (Lipinski definition) is 2. The summed E-state index contributed by atoms with van der Waals surface area (Å²) in [5.74, 6) is -0.861. The normalized spacial score (nSPS) is 31.2. The van der Waals surface area contributed by atoms with E-state index in [0.29, 0.717) is 5.56 Å². The zero-order valence-electron chi connectivity index (χ0n) is 11.6. The molecule has 0 bridgehead atoms. The van der Waals surface area contributed by atoms with Gasteiger partial charge in [-0.25, -0.2) is 4.39 Å². The lowest BCUT2D eigenvalue weighted by atomic mass is 9.76. The average Bonchev–Trinajstić information content (AvgIpc) is 2.30. The maximum Gasteiger partial charge on any atom is 0.222 e. The molecule has 4 unspecified atom stereocenters. The molecule has 2 rings (SSSR count). The minimum Gasteiger partial charge on any atom is -0.369 e. The molecule has 3 nitrogen and oxygen atoms in total. The molecule has 1 aromatic rings. The zero-order chi connectivity index (χ0) is 14.2. The number of nitrogens with one attached hydrogen (secondary N) is 1. The number of piperidine rings is 1.